The molecule has 0 amide bonds. The lowest BCUT2D eigenvalue weighted by atomic mass is 10.3. The van der Waals surface area contributed by atoms with Crippen LogP contribution < -0.4 is 4.74 Å². The van der Waals surface area contributed by atoms with E-state index in [4.69, 9.17) is 4.74 Å². The van der Waals surface area contributed by atoms with Gasteiger partial charge in [-0.1, -0.05) is 0 Å². The van der Waals surface area contributed by atoms with Crippen LogP contribution in [0.1, 0.15) is 12.6 Å². The average molecular weight is 194 g/mol. The second kappa shape index (κ2) is 3.68. The molecule has 74 valence electrons. The maximum absolute atomic E-state index is 11.8. The van der Waals surface area contributed by atoms with Crippen LogP contribution in [0.4, 0.5) is 13.2 Å². The molecule has 0 saturated carbocycles. The molecule has 13 heavy (non-hydrogen) atoms. The summed E-state index contributed by atoms with van der Waals surface area (Å²) in [5, 5.41) is 5.79. The summed E-state index contributed by atoms with van der Waals surface area (Å²) in [5.74, 6) is 0.196. The summed E-state index contributed by atoms with van der Waals surface area (Å²) >= 11 is 0. The molecule has 0 aromatic carbocycles. The number of nitrogens with one attached hydrogen (secondary N) is 1. The van der Waals surface area contributed by atoms with E-state index in [9.17, 15) is 13.2 Å². The molecule has 0 aliphatic rings. The highest BCUT2D eigenvalue weighted by Gasteiger charge is 2.28. The third-order valence-electron chi connectivity index (χ3n) is 1.29. The van der Waals surface area contributed by atoms with Crippen molar-refractivity contribution in [2.24, 2.45) is 0 Å². The van der Waals surface area contributed by atoms with Gasteiger partial charge in [0.25, 0.3) is 0 Å². The van der Waals surface area contributed by atoms with Gasteiger partial charge in [-0.25, -0.2) is 0 Å². The van der Waals surface area contributed by atoms with Crippen molar-refractivity contribution in [2.75, 3.05) is 6.61 Å². The second-order valence-electron chi connectivity index (χ2n) is 2.46. The number of hydrogen-bond acceptors (Lipinski definition) is 2. The zero-order valence-electron chi connectivity index (χ0n) is 6.98. The van der Waals surface area contributed by atoms with E-state index in [0.29, 0.717) is 6.61 Å². The molecule has 1 aromatic heterocycles. The van der Waals surface area contributed by atoms with E-state index in [2.05, 4.69) is 10.2 Å². The third kappa shape index (κ3) is 3.35. The van der Waals surface area contributed by atoms with E-state index in [1.54, 1.807) is 6.92 Å². The largest absolute Gasteiger partial charge is 0.477 e. The Labute approximate surface area is 72.9 Å². The van der Waals surface area contributed by atoms with Crippen LogP contribution in [-0.4, -0.2) is 23.0 Å². The number of rotatable bonds is 3. The first-order valence-corrected chi connectivity index (χ1v) is 3.75. The smallest absolute Gasteiger partial charge is 0.394 e. The molecule has 0 bridgehead atoms. The van der Waals surface area contributed by atoms with Crippen LogP contribution in [0, 0.1) is 0 Å². The molecule has 1 aromatic rings. The molecular formula is C7H9F3N2O. The van der Waals surface area contributed by atoms with Crippen LogP contribution in [0.5, 0.6) is 5.88 Å². The van der Waals surface area contributed by atoms with Crippen LogP contribution in [0.25, 0.3) is 0 Å². The van der Waals surface area contributed by atoms with Gasteiger partial charge in [0, 0.05) is 11.8 Å². The van der Waals surface area contributed by atoms with Crippen molar-refractivity contribution in [2.45, 2.75) is 19.5 Å². The van der Waals surface area contributed by atoms with Crippen molar-refractivity contribution >= 4 is 0 Å². The number of aromatic nitrogens is 2. The monoisotopic (exact) mass is 194 g/mol. The Balaban J connectivity index is 2.59. The number of H-pyrrole nitrogens is 1. The lowest BCUT2D eigenvalue weighted by Gasteiger charge is -2.01. The minimum Gasteiger partial charge on any atom is -0.477 e. The predicted octanol–water partition coefficient (Wildman–Crippen LogP) is 1.91. The van der Waals surface area contributed by atoms with Crippen molar-refractivity contribution in [3.63, 3.8) is 0 Å². The normalized spacial score (nSPS) is 11.7. The SMILES string of the molecule is CCOc1cc(CC(F)(F)F)[nH]n1. The number of ether oxygens (including phenoxy) is 1. The summed E-state index contributed by atoms with van der Waals surface area (Å²) in [6.45, 7) is 2.12. The van der Waals surface area contributed by atoms with E-state index in [1.165, 1.54) is 6.07 Å². The Hall–Kier alpha value is -1.20. The molecule has 0 aliphatic heterocycles. The highest BCUT2D eigenvalue weighted by Crippen LogP contribution is 2.21. The van der Waals surface area contributed by atoms with Gasteiger partial charge in [-0.05, 0) is 6.92 Å². The van der Waals surface area contributed by atoms with Crippen molar-refractivity contribution in [1.82, 2.24) is 10.2 Å². The van der Waals surface area contributed by atoms with Gasteiger partial charge in [-0.15, -0.1) is 5.10 Å². The minimum atomic E-state index is -4.21. The minimum absolute atomic E-state index is 0.0101. The number of aromatic amines is 1. The molecule has 0 saturated heterocycles. The summed E-state index contributed by atoms with van der Waals surface area (Å²) in [4.78, 5) is 0. The topological polar surface area (TPSA) is 37.9 Å². The van der Waals surface area contributed by atoms with Gasteiger partial charge in [-0.3, -0.25) is 5.10 Å². The van der Waals surface area contributed by atoms with Gasteiger partial charge in [0.05, 0.1) is 13.0 Å². The first-order chi connectivity index (χ1) is 6.01. The summed E-state index contributed by atoms with van der Waals surface area (Å²) in [5.41, 5.74) is 0.0101. The molecule has 1 N–H and O–H groups in total. The number of hydrogen-bond donors (Lipinski definition) is 1. The fraction of sp³-hybridized carbons (Fsp3) is 0.571. The molecule has 1 heterocycles. The first kappa shape index (κ1) is 9.88. The Kier molecular flexibility index (Phi) is 2.79. The zero-order valence-corrected chi connectivity index (χ0v) is 6.98. The summed E-state index contributed by atoms with van der Waals surface area (Å²) in [7, 11) is 0. The Morgan fingerprint density at radius 2 is 2.23 bits per heavy atom. The van der Waals surface area contributed by atoms with Crippen molar-refractivity contribution in [3.05, 3.63) is 11.8 Å². The fourth-order valence-corrected chi connectivity index (χ4v) is 0.869. The number of alkyl halides is 3. The zero-order chi connectivity index (χ0) is 9.90. The summed E-state index contributed by atoms with van der Waals surface area (Å²) in [6.07, 6.45) is -5.22. The van der Waals surface area contributed by atoms with Crippen LogP contribution in [-0.2, 0) is 6.42 Å². The average Bonchev–Trinajstić information content (AvgIpc) is 2.33. The van der Waals surface area contributed by atoms with Gasteiger partial charge in [0.1, 0.15) is 0 Å². The highest BCUT2D eigenvalue weighted by molar-refractivity contribution is 5.14. The van der Waals surface area contributed by atoms with Crippen molar-refractivity contribution in [1.29, 1.82) is 0 Å². The maximum atomic E-state index is 11.8. The molecule has 6 heteroatoms. The molecule has 0 fully saturated rings. The van der Waals surface area contributed by atoms with Crippen LogP contribution in [0.2, 0.25) is 0 Å². The standard InChI is InChI=1S/C7H9F3N2O/c1-2-13-6-3-5(11-12-6)4-7(8,9)10/h3H,2,4H2,1H3,(H,11,12). The lowest BCUT2D eigenvalue weighted by molar-refractivity contribution is -0.127. The van der Waals surface area contributed by atoms with E-state index in [1.807, 2.05) is 0 Å². The Morgan fingerprint density at radius 1 is 1.54 bits per heavy atom. The molecular weight excluding hydrogens is 185 g/mol. The number of halogens is 3. The van der Waals surface area contributed by atoms with Crippen molar-refractivity contribution < 1.29 is 17.9 Å². The van der Waals surface area contributed by atoms with Crippen LogP contribution in [0.3, 0.4) is 0 Å². The van der Waals surface area contributed by atoms with Gasteiger partial charge in [-0.2, -0.15) is 13.2 Å². The van der Waals surface area contributed by atoms with Crippen LogP contribution in [0.15, 0.2) is 6.07 Å². The van der Waals surface area contributed by atoms with E-state index < -0.39 is 12.6 Å². The predicted molar refractivity (Wildman–Crippen MR) is 39.5 cm³/mol. The molecule has 1 rings (SSSR count). The molecule has 0 unspecified atom stereocenters. The van der Waals surface area contributed by atoms with E-state index in [0.717, 1.165) is 0 Å². The first-order valence-electron chi connectivity index (χ1n) is 3.75. The van der Waals surface area contributed by atoms with E-state index in [-0.39, 0.29) is 11.6 Å². The van der Waals surface area contributed by atoms with Gasteiger partial charge >= 0.3 is 6.18 Å². The molecule has 0 aliphatic carbocycles. The summed E-state index contributed by atoms with van der Waals surface area (Å²) in [6, 6.07) is 1.25. The summed E-state index contributed by atoms with van der Waals surface area (Å²) < 4.78 is 40.4. The van der Waals surface area contributed by atoms with Gasteiger partial charge < -0.3 is 4.74 Å². The highest BCUT2D eigenvalue weighted by atomic mass is 19.4. The number of nitrogens with zero attached hydrogens (tertiary/aromatic N) is 1. The van der Waals surface area contributed by atoms with Gasteiger partial charge in [0.15, 0.2) is 0 Å². The lowest BCUT2D eigenvalue weighted by Crippen LogP contribution is -2.11. The maximum Gasteiger partial charge on any atom is 0.394 e. The Bertz CT molecular complexity index is 269. The van der Waals surface area contributed by atoms with Gasteiger partial charge in [0.2, 0.25) is 5.88 Å². The molecule has 0 atom stereocenters. The van der Waals surface area contributed by atoms with Crippen molar-refractivity contribution in [3.8, 4) is 5.88 Å². The Morgan fingerprint density at radius 3 is 2.77 bits per heavy atom. The molecule has 3 nitrogen and oxygen atoms in total. The molecule has 0 radical (unpaired) electrons. The molecule has 0 spiro atoms. The second-order valence-corrected chi connectivity index (χ2v) is 2.46. The quantitative estimate of drug-likeness (QED) is 0.798. The van der Waals surface area contributed by atoms with E-state index >= 15 is 0 Å². The third-order valence-corrected chi connectivity index (χ3v) is 1.29. The van der Waals surface area contributed by atoms with Crippen LogP contribution >= 0.6 is 0 Å². The fourth-order valence-electron chi connectivity index (χ4n) is 0.869.